The third-order valence-corrected chi connectivity index (χ3v) is 2.89. The number of halogens is 4. The van der Waals surface area contributed by atoms with E-state index in [4.69, 9.17) is 11.6 Å². The molecule has 0 saturated carbocycles. The van der Waals surface area contributed by atoms with Gasteiger partial charge < -0.3 is 10.6 Å². The smallest absolute Gasteiger partial charge is 0.290 e. The van der Waals surface area contributed by atoms with Crippen molar-refractivity contribution in [3.63, 3.8) is 0 Å². The van der Waals surface area contributed by atoms with Crippen LogP contribution < -0.4 is 10.6 Å². The molecule has 1 aliphatic heterocycles. The van der Waals surface area contributed by atoms with Crippen LogP contribution in [-0.2, 0) is 5.92 Å². The maximum atomic E-state index is 13.9. The lowest BCUT2D eigenvalue weighted by Crippen LogP contribution is -2.44. The van der Waals surface area contributed by atoms with Crippen molar-refractivity contribution in [2.75, 3.05) is 19.6 Å². The molecule has 1 heterocycles. The van der Waals surface area contributed by atoms with E-state index in [1.165, 1.54) is 24.3 Å². The summed E-state index contributed by atoms with van der Waals surface area (Å²) in [6.45, 7) is 0.945. The van der Waals surface area contributed by atoms with Crippen LogP contribution in [0.3, 0.4) is 0 Å². The zero-order chi connectivity index (χ0) is 13.0. The van der Waals surface area contributed by atoms with Gasteiger partial charge in [0.05, 0.1) is 6.54 Å². The minimum atomic E-state index is -2.95. The average Bonchev–Trinajstić information content (AvgIpc) is 2.38. The summed E-state index contributed by atoms with van der Waals surface area (Å²) in [5.74, 6) is -2.51. The van der Waals surface area contributed by atoms with Crippen LogP contribution in [0.5, 0.6) is 0 Å². The molecule has 2 N–H and O–H groups in total. The maximum absolute atomic E-state index is 13.9. The molecule has 0 fully saturated rings. The number of rotatable bonds is 3. The Labute approximate surface area is 132 Å². The summed E-state index contributed by atoms with van der Waals surface area (Å²) in [7, 11) is 0. The molecule has 106 valence electrons. The van der Waals surface area contributed by atoms with Crippen LogP contribution >= 0.6 is 35.6 Å². The van der Waals surface area contributed by atoms with E-state index in [1.807, 2.05) is 0 Å². The molecule has 7 heteroatoms. The fourth-order valence-electron chi connectivity index (χ4n) is 1.64. The fourth-order valence-corrected chi connectivity index (χ4v) is 1.77. The van der Waals surface area contributed by atoms with Crippen molar-refractivity contribution >= 4 is 41.5 Å². The van der Waals surface area contributed by atoms with Gasteiger partial charge in [0.15, 0.2) is 5.96 Å². The van der Waals surface area contributed by atoms with Crippen molar-refractivity contribution in [1.82, 2.24) is 10.6 Å². The van der Waals surface area contributed by atoms with Crippen molar-refractivity contribution < 1.29 is 8.78 Å². The number of aliphatic imine (C=N–C) groups is 1. The number of guanidine groups is 1. The molecule has 0 bridgehead atoms. The van der Waals surface area contributed by atoms with Gasteiger partial charge in [0.1, 0.15) is 0 Å². The number of nitrogens with one attached hydrogen (secondary N) is 2. The summed E-state index contributed by atoms with van der Waals surface area (Å²) >= 11 is 5.67. The monoisotopic (exact) mass is 401 g/mol. The third-order valence-electron chi connectivity index (χ3n) is 2.64. The average molecular weight is 402 g/mol. The summed E-state index contributed by atoms with van der Waals surface area (Å²) in [5.41, 5.74) is -0.0594. The maximum Gasteiger partial charge on any atom is 0.290 e. The van der Waals surface area contributed by atoms with Crippen LogP contribution in [0.4, 0.5) is 8.78 Å². The molecule has 0 aromatic heterocycles. The molecule has 1 aromatic rings. The topological polar surface area (TPSA) is 36.4 Å². The van der Waals surface area contributed by atoms with Gasteiger partial charge in [-0.2, -0.15) is 8.78 Å². The largest absolute Gasteiger partial charge is 0.356 e. The Hall–Kier alpha value is -0.630. The predicted molar refractivity (Wildman–Crippen MR) is 83.7 cm³/mol. The number of hydrogen-bond acceptors (Lipinski definition) is 3. The second kappa shape index (κ2) is 7.23. The Morgan fingerprint density at radius 3 is 2.58 bits per heavy atom. The molecule has 0 radical (unpaired) electrons. The highest BCUT2D eigenvalue weighted by atomic mass is 127. The first-order valence-corrected chi connectivity index (χ1v) is 6.12. The Kier molecular flexibility index (Phi) is 6.25. The van der Waals surface area contributed by atoms with Gasteiger partial charge in [0.25, 0.3) is 5.92 Å². The first-order chi connectivity index (χ1) is 8.58. The highest BCUT2D eigenvalue weighted by molar-refractivity contribution is 14.0. The van der Waals surface area contributed by atoms with Crippen LogP contribution in [0.1, 0.15) is 12.0 Å². The van der Waals surface area contributed by atoms with Crippen molar-refractivity contribution in [2.45, 2.75) is 12.3 Å². The van der Waals surface area contributed by atoms with Crippen LogP contribution in [-0.4, -0.2) is 25.6 Å². The van der Waals surface area contributed by atoms with Gasteiger partial charge in [-0.3, -0.25) is 4.99 Å². The predicted octanol–water partition coefficient (Wildman–Crippen LogP) is 2.99. The van der Waals surface area contributed by atoms with Crippen molar-refractivity contribution in [3.05, 3.63) is 34.9 Å². The molecular formula is C12H15ClF2IN3. The molecule has 1 aromatic carbocycles. The first kappa shape index (κ1) is 16.4. The number of nitrogens with zero attached hydrogens (tertiary/aromatic N) is 1. The van der Waals surface area contributed by atoms with Crippen LogP contribution in [0, 0.1) is 0 Å². The molecule has 0 aliphatic carbocycles. The number of hydrogen-bond donors (Lipinski definition) is 2. The Morgan fingerprint density at radius 1 is 1.32 bits per heavy atom. The van der Waals surface area contributed by atoms with Gasteiger partial charge in [-0.1, -0.05) is 23.7 Å². The normalized spacial score (nSPS) is 15.0. The van der Waals surface area contributed by atoms with Gasteiger partial charge in [0, 0.05) is 23.7 Å². The fraction of sp³-hybridized carbons (Fsp3) is 0.417. The van der Waals surface area contributed by atoms with Crippen LogP contribution in [0.2, 0.25) is 5.02 Å². The lowest BCUT2D eigenvalue weighted by Gasteiger charge is -2.21. The molecule has 0 atom stereocenters. The molecule has 1 aliphatic rings. The van der Waals surface area contributed by atoms with Crippen LogP contribution in [0.15, 0.2) is 29.3 Å². The number of alkyl halides is 2. The molecule has 0 unspecified atom stereocenters. The second-order valence-corrected chi connectivity index (χ2v) is 4.51. The highest BCUT2D eigenvalue weighted by Gasteiger charge is 2.31. The van der Waals surface area contributed by atoms with E-state index in [1.54, 1.807) is 0 Å². The molecule has 2 rings (SSSR count). The summed E-state index contributed by atoms with van der Waals surface area (Å²) in [4.78, 5) is 4.08. The van der Waals surface area contributed by atoms with Gasteiger partial charge >= 0.3 is 0 Å². The minimum Gasteiger partial charge on any atom is -0.356 e. The van der Waals surface area contributed by atoms with E-state index in [-0.39, 0.29) is 29.5 Å². The zero-order valence-corrected chi connectivity index (χ0v) is 13.2. The van der Waals surface area contributed by atoms with Crippen molar-refractivity contribution in [1.29, 1.82) is 0 Å². The number of benzene rings is 1. The molecule has 19 heavy (non-hydrogen) atoms. The Morgan fingerprint density at radius 2 is 2.00 bits per heavy atom. The summed E-state index contributed by atoms with van der Waals surface area (Å²) in [6.07, 6.45) is 0.929. The molecule has 3 nitrogen and oxygen atoms in total. The third kappa shape index (κ3) is 4.76. The minimum absolute atomic E-state index is 0. The molecule has 0 saturated heterocycles. The van der Waals surface area contributed by atoms with E-state index in [2.05, 4.69) is 15.6 Å². The quantitative estimate of drug-likeness (QED) is 0.764. The zero-order valence-electron chi connectivity index (χ0n) is 10.1. The van der Waals surface area contributed by atoms with Crippen molar-refractivity contribution in [2.24, 2.45) is 4.99 Å². The lowest BCUT2D eigenvalue weighted by atomic mass is 10.1. The summed E-state index contributed by atoms with van der Waals surface area (Å²) in [6, 6.07) is 5.59. The molecular weight excluding hydrogens is 387 g/mol. The van der Waals surface area contributed by atoms with Gasteiger partial charge in [-0.05, 0) is 18.6 Å². The van der Waals surface area contributed by atoms with E-state index >= 15 is 0 Å². The van der Waals surface area contributed by atoms with Gasteiger partial charge in [-0.25, -0.2) is 0 Å². The van der Waals surface area contributed by atoms with E-state index in [9.17, 15) is 8.78 Å². The lowest BCUT2D eigenvalue weighted by molar-refractivity contribution is 0.00105. The van der Waals surface area contributed by atoms with E-state index in [0.29, 0.717) is 17.5 Å². The Balaban J connectivity index is 0.00000180. The highest BCUT2D eigenvalue weighted by Crippen LogP contribution is 2.27. The molecule has 0 amide bonds. The second-order valence-electron chi connectivity index (χ2n) is 4.08. The standard InChI is InChI=1S/C12H14ClF2N3.HI/c13-10-4-2-9(3-5-10)12(14,15)8-18-11-16-6-1-7-17-11;/h2-5H,1,6-8H2,(H2,16,17,18);1H. The summed E-state index contributed by atoms with van der Waals surface area (Å²) in [5, 5.41) is 6.01. The first-order valence-electron chi connectivity index (χ1n) is 5.74. The van der Waals surface area contributed by atoms with Gasteiger partial charge in [0.2, 0.25) is 0 Å². The van der Waals surface area contributed by atoms with Crippen LogP contribution in [0.25, 0.3) is 0 Å². The Bertz CT molecular complexity index is 437. The molecule has 0 spiro atoms. The van der Waals surface area contributed by atoms with Gasteiger partial charge in [-0.15, -0.1) is 24.0 Å². The van der Waals surface area contributed by atoms with E-state index in [0.717, 1.165) is 13.0 Å². The van der Waals surface area contributed by atoms with E-state index < -0.39 is 12.5 Å². The van der Waals surface area contributed by atoms with Crippen molar-refractivity contribution in [3.8, 4) is 0 Å². The summed E-state index contributed by atoms with van der Waals surface area (Å²) < 4.78 is 27.7. The SMILES string of the molecule is FC(F)(CNC1=NCCCN1)c1ccc(Cl)cc1.I.